The van der Waals surface area contributed by atoms with E-state index in [0.717, 1.165) is 62.2 Å². The molecule has 1 aliphatic carbocycles. The van der Waals surface area contributed by atoms with E-state index in [1.165, 1.54) is 0 Å². The average molecular weight is 517 g/mol. The number of nitrogens with zero attached hydrogens (tertiary/aromatic N) is 2. The summed E-state index contributed by atoms with van der Waals surface area (Å²) in [6, 6.07) is 16.0. The number of quaternary nitrogens is 2. The molecule has 0 atom stereocenters. The van der Waals surface area contributed by atoms with Gasteiger partial charge in [0, 0.05) is 28.7 Å². The van der Waals surface area contributed by atoms with Crippen molar-refractivity contribution < 1.29 is 18.4 Å². The van der Waals surface area contributed by atoms with Gasteiger partial charge in [-0.1, -0.05) is 45.0 Å². The Morgan fingerprint density at radius 1 is 0.579 bits per heavy atom. The number of likely N-dealkylation sites (N-methyl/N-ethyl adjacent to an activating group) is 2. The minimum atomic E-state index is 0. The summed E-state index contributed by atoms with van der Waals surface area (Å²) >= 11 is 0. The lowest BCUT2D eigenvalue weighted by Crippen LogP contribution is -2.38. The summed E-state index contributed by atoms with van der Waals surface area (Å²) in [7, 11) is 13.0. The molecule has 204 valence electrons. The fraction of sp³-hybridized carbons (Fsp3) is 0.412. The highest BCUT2D eigenvalue weighted by atomic mass is 16.5. The first-order chi connectivity index (χ1) is 17.6. The van der Waals surface area contributed by atoms with E-state index >= 15 is 0 Å². The highest BCUT2D eigenvalue weighted by Crippen LogP contribution is 2.19. The Hall–Kier alpha value is -3.44. The van der Waals surface area contributed by atoms with Crippen LogP contribution in [0, 0.1) is 23.7 Å². The number of hydrogen-bond acceptors (Lipinski definition) is 2. The predicted octanol–water partition coefficient (Wildman–Crippen LogP) is 6.18. The Bertz CT molecular complexity index is 1070. The van der Waals surface area contributed by atoms with Crippen LogP contribution in [0.15, 0.2) is 71.8 Å². The van der Waals surface area contributed by atoms with Gasteiger partial charge in [0.05, 0.1) is 42.3 Å². The van der Waals surface area contributed by atoms with Gasteiger partial charge in [-0.05, 0) is 60.7 Å². The normalized spacial score (nSPS) is 12.2. The second kappa shape index (κ2) is 15.7. The van der Waals surface area contributed by atoms with E-state index in [2.05, 4.69) is 78.1 Å². The Morgan fingerprint density at radius 2 is 0.921 bits per heavy atom. The molecular formula is C34H48N2O2+2. The fourth-order valence-electron chi connectivity index (χ4n) is 3.14. The second-order valence-electron chi connectivity index (χ2n) is 10.8. The molecule has 0 bridgehead atoms. The van der Waals surface area contributed by atoms with Crippen molar-refractivity contribution in [1.29, 1.82) is 0 Å². The molecule has 0 saturated carbocycles. The minimum Gasteiger partial charge on any atom is -0.488 e. The molecule has 0 radical (unpaired) electrons. The average Bonchev–Trinajstić information content (AvgIpc) is 3.31. The lowest BCUT2D eigenvalue weighted by Gasteiger charge is -2.23. The van der Waals surface area contributed by atoms with Crippen LogP contribution in [0.25, 0.3) is 0 Å². The Morgan fingerprint density at radius 3 is 1.24 bits per heavy atom. The van der Waals surface area contributed by atoms with E-state index in [1.807, 2.05) is 62.4 Å². The summed E-state index contributed by atoms with van der Waals surface area (Å²) in [6.45, 7) is 7.33. The van der Waals surface area contributed by atoms with Gasteiger partial charge in [-0.25, -0.2) is 0 Å². The van der Waals surface area contributed by atoms with E-state index in [1.54, 1.807) is 0 Å². The van der Waals surface area contributed by atoms with Crippen LogP contribution in [0.1, 0.15) is 38.8 Å². The summed E-state index contributed by atoms with van der Waals surface area (Å²) in [5.41, 5.74) is 4.12. The summed E-state index contributed by atoms with van der Waals surface area (Å²) in [5, 5.41) is 0. The third-order valence-corrected chi connectivity index (χ3v) is 5.37. The first kappa shape index (κ1) is 32.6. The largest absolute Gasteiger partial charge is 0.488 e. The number of rotatable bonds is 8. The zero-order chi connectivity index (χ0) is 27.3. The van der Waals surface area contributed by atoms with E-state index in [0.29, 0.717) is 13.2 Å². The molecule has 0 aliphatic heterocycles. The van der Waals surface area contributed by atoms with Crippen molar-refractivity contribution in [2.75, 3.05) is 68.6 Å². The smallest absolute Gasteiger partial charge is 0.137 e. The highest BCUT2D eigenvalue weighted by Gasteiger charge is 2.08. The van der Waals surface area contributed by atoms with Crippen LogP contribution in [0.4, 0.5) is 0 Å². The molecule has 38 heavy (non-hydrogen) atoms. The van der Waals surface area contributed by atoms with Gasteiger partial charge in [0.2, 0.25) is 0 Å². The first-order valence-electron chi connectivity index (χ1n) is 13.1. The lowest BCUT2D eigenvalue weighted by molar-refractivity contribution is -0.870. The maximum atomic E-state index is 5.82. The number of allylic oxidation sites excluding steroid dienone is 4. The van der Waals surface area contributed by atoms with Crippen molar-refractivity contribution in [2.45, 2.75) is 27.7 Å². The van der Waals surface area contributed by atoms with E-state index in [9.17, 15) is 0 Å². The molecule has 0 N–H and O–H groups in total. The van der Waals surface area contributed by atoms with Crippen LogP contribution in [0.3, 0.4) is 0 Å². The molecule has 1 aliphatic rings. The molecule has 4 nitrogen and oxygen atoms in total. The van der Waals surface area contributed by atoms with Crippen molar-refractivity contribution in [3.8, 4) is 35.2 Å². The fourth-order valence-corrected chi connectivity index (χ4v) is 3.14. The second-order valence-corrected chi connectivity index (χ2v) is 10.8. The molecule has 0 unspecified atom stereocenters. The minimum absolute atomic E-state index is 0. The van der Waals surface area contributed by atoms with Crippen LogP contribution < -0.4 is 9.47 Å². The zero-order valence-corrected chi connectivity index (χ0v) is 24.0. The van der Waals surface area contributed by atoms with Gasteiger partial charge in [0.1, 0.15) is 37.8 Å². The van der Waals surface area contributed by atoms with Crippen molar-refractivity contribution in [2.24, 2.45) is 0 Å². The highest BCUT2D eigenvalue weighted by molar-refractivity contribution is 5.53. The van der Waals surface area contributed by atoms with E-state index in [4.69, 9.17) is 9.47 Å². The Balaban J connectivity index is 0.00000235. The monoisotopic (exact) mass is 516 g/mol. The maximum absolute atomic E-state index is 5.82. The van der Waals surface area contributed by atoms with Crippen LogP contribution in [0.2, 0.25) is 0 Å². The SMILES string of the molecule is C.CC.C[N+](C)(C)CCOc1ccc(C#CC2=CC=C(C#Cc3ccc(OCC[N+](C)(C)C)cc3)C2)cc1. The van der Waals surface area contributed by atoms with Crippen molar-refractivity contribution in [3.63, 3.8) is 0 Å². The summed E-state index contributed by atoms with van der Waals surface area (Å²) in [6.07, 6.45) is 4.90. The first-order valence-corrected chi connectivity index (χ1v) is 13.1. The molecule has 0 heterocycles. The third kappa shape index (κ3) is 13.2. The van der Waals surface area contributed by atoms with Gasteiger partial charge >= 0.3 is 0 Å². The molecule has 2 aromatic rings. The lowest BCUT2D eigenvalue weighted by atomic mass is 10.1. The molecule has 4 heteroatoms. The molecule has 0 aromatic heterocycles. The number of benzene rings is 2. The van der Waals surface area contributed by atoms with Crippen molar-refractivity contribution in [1.82, 2.24) is 0 Å². The van der Waals surface area contributed by atoms with Crippen LogP contribution in [-0.4, -0.2) is 77.6 Å². The summed E-state index contributed by atoms with van der Waals surface area (Å²) < 4.78 is 13.4. The zero-order valence-electron chi connectivity index (χ0n) is 24.0. The summed E-state index contributed by atoms with van der Waals surface area (Å²) in [4.78, 5) is 0. The quantitative estimate of drug-likeness (QED) is 0.308. The molecule has 3 rings (SSSR count). The van der Waals surface area contributed by atoms with Crippen molar-refractivity contribution in [3.05, 3.63) is 83.0 Å². The van der Waals surface area contributed by atoms with Crippen LogP contribution >= 0.6 is 0 Å². The van der Waals surface area contributed by atoms with Gasteiger partial charge in [-0.2, -0.15) is 0 Å². The molecular weight excluding hydrogens is 468 g/mol. The van der Waals surface area contributed by atoms with E-state index < -0.39 is 0 Å². The van der Waals surface area contributed by atoms with Gasteiger partial charge < -0.3 is 18.4 Å². The molecule has 0 amide bonds. The van der Waals surface area contributed by atoms with Gasteiger partial charge in [0.25, 0.3) is 0 Å². The van der Waals surface area contributed by atoms with Gasteiger partial charge in [0.15, 0.2) is 0 Å². The Labute approximate surface area is 232 Å². The molecule has 2 aromatic carbocycles. The Kier molecular flexibility index (Phi) is 13.5. The van der Waals surface area contributed by atoms with Crippen LogP contribution in [0.5, 0.6) is 11.5 Å². The standard InChI is InChI=1S/C31H38N2O2.C2H6.CH4/c1-32(2,3)21-23-34-30-17-13-26(14-18-30)7-9-28-11-12-29(25-28)10-8-27-15-19-31(20-16-27)35-24-22-33(4,5)6;1-2;/h11-20H,21-25H2,1-6H3;1-2H3;1H4/q+2;;. The van der Waals surface area contributed by atoms with Crippen LogP contribution in [-0.2, 0) is 0 Å². The molecule has 0 spiro atoms. The topological polar surface area (TPSA) is 18.5 Å². The number of ether oxygens (including phenoxy) is 2. The predicted molar refractivity (Wildman–Crippen MR) is 162 cm³/mol. The van der Waals surface area contributed by atoms with Gasteiger partial charge in [-0.3, -0.25) is 0 Å². The maximum Gasteiger partial charge on any atom is 0.137 e. The summed E-state index contributed by atoms with van der Waals surface area (Å²) in [5.74, 6) is 14.8. The number of hydrogen-bond donors (Lipinski definition) is 0. The van der Waals surface area contributed by atoms with Crippen molar-refractivity contribution >= 4 is 0 Å². The van der Waals surface area contributed by atoms with Gasteiger partial charge in [-0.15, -0.1) is 0 Å². The molecule has 0 fully saturated rings. The van der Waals surface area contributed by atoms with E-state index in [-0.39, 0.29) is 7.43 Å². The molecule has 0 saturated heterocycles. The third-order valence-electron chi connectivity index (χ3n) is 5.37.